The summed E-state index contributed by atoms with van der Waals surface area (Å²) in [5.41, 5.74) is 1.32. The molecule has 0 aliphatic rings. The van der Waals surface area contributed by atoms with Crippen LogP contribution in [0.15, 0.2) is 48.5 Å². The van der Waals surface area contributed by atoms with E-state index in [1.807, 2.05) is 0 Å². The molecule has 2 aromatic rings. The van der Waals surface area contributed by atoms with Gasteiger partial charge in [-0.2, -0.15) is 0 Å². The lowest BCUT2D eigenvalue weighted by Crippen LogP contribution is -2.38. The van der Waals surface area contributed by atoms with Crippen LogP contribution < -0.4 is 14.4 Å². The summed E-state index contributed by atoms with van der Waals surface area (Å²) in [6.45, 7) is 0.315. The van der Waals surface area contributed by atoms with Crippen LogP contribution in [0, 0.1) is 0 Å². The minimum Gasteiger partial charge on any atom is -0.497 e. The van der Waals surface area contributed by atoms with E-state index in [2.05, 4.69) is 5.32 Å². The van der Waals surface area contributed by atoms with E-state index in [1.54, 1.807) is 48.5 Å². The van der Waals surface area contributed by atoms with E-state index in [1.165, 1.54) is 11.4 Å². The summed E-state index contributed by atoms with van der Waals surface area (Å²) < 4.78 is 30.5. The number of halogens is 1. The molecule has 0 atom stereocenters. The number of amides is 1. The molecule has 2 aromatic carbocycles. The second-order valence-electron chi connectivity index (χ2n) is 5.69. The van der Waals surface area contributed by atoms with E-state index in [9.17, 15) is 13.2 Å². The molecule has 0 aliphatic carbocycles. The van der Waals surface area contributed by atoms with Gasteiger partial charge in [0, 0.05) is 17.6 Å². The van der Waals surface area contributed by atoms with Gasteiger partial charge in [-0.3, -0.25) is 9.10 Å². The average Bonchev–Trinajstić information content (AvgIpc) is 2.59. The van der Waals surface area contributed by atoms with Crippen molar-refractivity contribution >= 4 is 33.2 Å². The molecule has 0 spiro atoms. The van der Waals surface area contributed by atoms with Crippen LogP contribution >= 0.6 is 11.6 Å². The Hall–Kier alpha value is -2.25. The SMILES string of the molecule is COc1cccc(N(CCNC(=O)Cc2ccc(Cl)cc2)S(C)(=O)=O)c1. The molecule has 0 saturated heterocycles. The maximum Gasteiger partial charge on any atom is 0.232 e. The third-order valence-electron chi connectivity index (χ3n) is 3.66. The van der Waals surface area contributed by atoms with Gasteiger partial charge in [0.1, 0.15) is 5.75 Å². The van der Waals surface area contributed by atoms with Crippen molar-refractivity contribution in [2.45, 2.75) is 6.42 Å². The molecule has 1 amide bonds. The first-order valence-electron chi connectivity index (χ1n) is 7.92. The first-order valence-corrected chi connectivity index (χ1v) is 10.1. The maximum absolute atomic E-state index is 12.1. The summed E-state index contributed by atoms with van der Waals surface area (Å²) in [4.78, 5) is 12.0. The molecule has 0 radical (unpaired) electrons. The summed E-state index contributed by atoms with van der Waals surface area (Å²) in [5, 5.41) is 3.35. The van der Waals surface area contributed by atoms with Gasteiger partial charge >= 0.3 is 0 Å². The maximum atomic E-state index is 12.1. The van der Waals surface area contributed by atoms with Gasteiger partial charge in [0.25, 0.3) is 0 Å². The number of methoxy groups -OCH3 is 1. The summed E-state index contributed by atoms with van der Waals surface area (Å²) in [5.74, 6) is 0.370. The monoisotopic (exact) mass is 396 g/mol. The largest absolute Gasteiger partial charge is 0.497 e. The quantitative estimate of drug-likeness (QED) is 0.743. The van der Waals surface area contributed by atoms with Crippen LogP contribution in [0.2, 0.25) is 5.02 Å². The van der Waals surface area contributed by atoms with E-state index in [4.69, 9.17) is 16.3 Å². The minimum atomic E-state index is -3.49. The number of nitrogens with one attached hydrogen (secondary N) is 1. The number of hydrogen-bond acceptors (Lipinski definition) is 4. The number of rotatable bonds is 8. The second-order valence-corrected chi connectivity index (χ2v) is 8.03. The first-order chi connectivity index (χ1) is 12.3. The summed E-state index contributed by atoms with van der Waals surface area (Å²) in [6, 6.07) is 13.8. The number of sulfonamides is 1. The molecule has 0 aliphatic heterocycles. The Morgan fingerprint density at radius 2 is 1.88 bits per heavy atom. The van der Waals surface area contributed by atoms with Crippen LogP contribution in [0.25, 0.3) is 0 Å². The van der Waals surface area contributed by atoms with E-state index >= 15 is 0 Å². The first kappa shape index (κ1) is 20.1. The molecule has 0 aromatic heterocycles. The Kier molecular flexibility index (Phi) is 6.88. The van der Waals surface area contributed by atoms with E-state index in [0.29, 0.717) is 16.5 Å². The Balaban J connectivity index is 1.97. The van der Waals surface area contributed by atoms with Gasteiger partial charge in [-0.05, 0) is 29.8 Å². The van der Waals surface area contributed by atoms with Crippen molar-refractivity contribution in [1.82, 2.24) is 5.32 Å². The fourth-order valence-electron chi connectivity index (χ4n) is 2.40. The van der Waals surface area contributed by atoms with Gasteiger partial charge < -0.3 is 10.1 Å². The molecule has 6 nitrogen and oxygen atoms in total. The number of hydrogen-bond donors (Lipinski definition) is 1. The van der Waals surface area contributed by atoms with Crippen molar-refractivity contribution < 1.29 is 17.9 Å². The van der Waals surface area contributed by atoms with Crippen molar-refractivity contribution in [3.63, 3.8) is 0 Å². The van der Waals surface area contributed by atoms with Gasteiger partial charge in [-0.15, -0.1) is 0 Å². The standard InChI is InChI=1S/C18H21ClN2O4S/c1-25-17-5-3-4-16(13-17)21(26(2,23)24)11-10-20-18(22)12-14-6-8-15(19)9-7-14/h3-9,13H,10-12H2,1-2H3,(H,20,22). The smallest absolute Gasteiger partial charge is 0.232 e. The fourth-order valence-corrected chi connectivity index (χ4v) is 3.44. The average molecular weight is 397 g/mol. The minimum absolute atomic E-state index is 0.123. The Labute approximate surface area is 158 Å². The molecule has 0 saturated carbocycles. The van der Waals surface area contributed by atoms with Crippen LogP contribution in [0.1, 0.15) is 5.56 Å². The fraction of sp³-hybridized carbons (Fsp3) is 0.278. The third kappa shape index (κ3) is 5.93. The molecule has 1 N–H and O–H groups in total. The number of nitrogens with zero attached hydrogens (tertiary/aromatic N) is 1. The highest BCUT2D eigenvalue weighted by molar-refractivity contribution is 7.92. The number of anilines is 1. The van der Waals surface area contributed by atoms with Crippen LogP contribution in [0.3, 0.4) is 0 Å². The molecule has 0 bridgehead atoms. The molecule has 8 heteroatoms. The van der Waals surface area contributed by atoms with E-state index in [-0.39, 0.29) is 25.4 Å². The summed E-state index contributed by atoms with van der Waals surface area (Å²) in [6.07, 6.45) is 1.33. The highest BCUT2D eigenvalue weighted by Crippen LogP contribution is 2.22. The second kappa shape index (κ2) is 8.91. The van der Waals surface area contributed by atoms with E-state index < -0.39 is 10.0 Å². The van der Waals surface area contributed by atoms with Crippen LogP contribution in [0.5, 0.6) is 5.75 Å². The number of benzene rings is 2. The number of carbonyl (C=O) groups is 1. The lowest BCUT2D eigenvalue weighted by Gasteiger charge is -2.23. The Bertz CT molecular complexity index is 854. The normalized spacial score (nSPS) is 11.0. The Morgan fingerprint density at radius 3 is 2.50 bits per heavy atom. The zero-order valence-corrected chi connectivity index (χ0v) is 16.2. The van der Waals surface area contributed by atoms with Crippen molar-refractivity contribution in [1.29, 1.82) is 0 Å². The van der Waals surface area contributed by atoms with Gasteiger partial charge in [-0.1, -0.05) is 29.8 Å². The zero-order chi connectivity index (χ0) is 19.2. The van der Waals surface area contributed by atoms with Crippen LogP contribution in [0.4, 0.5) is 5.69 Å². The van der Waals surface area contributed by atoms with Crippen LogP contribution in [-0.4, -0.2) is 40.8 Å². The molecule has 140 valence electrons. The third-order valence-corrected chi connectivity index (χ3v) is 5.10. The Morgan fingerprint density at radius 1 is 1.19 bits per heavy atom. The summed E-state index contributed by atoms with van der Waals surface area (Å²) >= 11 is 5.82. The molecular weight excluding hydrogens is 376 g/mol. The number of ether oxygens (including phenoxy) is 1. The molecule has 0 unspecified atom stereocenters. The lowest BCUT2D eigenvalue weighted by atomic mass is 10.1. The predicted octanol–water partition coefficient (Wildman–Crippen LogP) is 2.47. The zero-order valence-electron chi connectivity index (χ0n) is 14.6. The molecular formula is C18H21ClN2O4S. The molecule has 2 rings (SSSR count). The molecule has 0 fully saturated rings. The van der Waals surface area contributed by atoms with Crippen LogP contribution in [-0.2, 0) is 21.2 Å². The van der Waals surface area contributed by atoms with Gasteiger partial charge in [-0.25, -0.2) is 8.42 Å². The van der Waals surface area contributed by atoms with Gasteiger partial charge in [0.05, 0.1) is 32.0 Å². The van der Waals surface area contributed by atoms with Crippen molar-refractivity contribution in [2.75, 3.05) is 30.8 Å². The van der Waals surface area contributed by atoms with Crippen molar-refractivity contribution in [3.05, 3.63) is 59.1 Å². The summed E-state index contributed by atoms with van der Waals surface area (Å²) in [7, 11) is -1.98. The predicted molar refractivity (Wildman–Crippen MR) is 103 cm³/mol. The van der Waals surface area contributed by atoms with Crippen molar-refractivity contribution in [2.24, 2.45) is 0 Å². The highest BCUT2D eigenvalue weighted by atomic mass is 35.5. The molecule has 26 heavy (non-hydrogen) atoms. The van der Waals surface area contributed by atoms with E-state index in [0.717, 1.165) is 11.8 Å². The van der Waals surface area contributed by atoms with Crippen molar-refractivity contribution in [3.8, 4) is 5.75 Å². The topological polar surface area (TPSA) is 75.7 Å². The van der Waals surface area contributed by atoms with Gasteiger partial charge in [0.2, 0.25) is 15.9 Å². The molecule has 0 heterocycles. The highest BCUT2D eigenvalue weighted by Gasteiger charge is 2.18. The lowest BCUT2D eigenvalue weighted by molar-refractivity contribution is -0.120. The number of carbonyl (C=O) groups excluding carboxylic acids is 1. The van der Waals surface area contributed by atoms with Gasteiger partial charge in [0.15, 0.2) is 0 Å².